The van der Waals surface area contributed by atoms with Crippen molar-refractivity contribution in [3.63, 3.8) is 0 Å². The lowest BCUT2D eigenvalue weighted by molar-refractivity contribution is -0.141. The maximum Gasteiger partial charge on any atom is 0.330 e. The van der Waals surface area contributed by atoms with Crippen molar-refractivity contribution in [1.82, 2.24) is 4.98 Å². The molecule has 2 fully saturated rings. The monoisotopic (exact) mass is 1070 g/mol. The van der Waals surface area contributed by atoms with Crippen molar-refractivity contribution in [2.75, 3.05) is 84.2 Å². The minimum Gasteiger partial charge on any atom is -0.493 e. The topological polar surface area (TPSA) is 203 Å². The van der Waals surface area contributed by atoms with Crippen molar-refractivity contribution < 1.29 is 67.2 Å². The molecule has 2 aliphatic rings. The molecule has 4 aromatic carbocycles. The van der Waals surface area contributed by atoms with Gasteiger partial charge in [-0.05, 0) is 161 Å². The molecular weight excluding hydrogens is 995 g/mol. The van der Waals surface area contributed by atoms with Crippen molar-refractivity contribution in [1.29, 1.82) is 0 Å². The van der Waals surface area contributed by atoms with Crippen LogP contribution in [0, 0.1) is 23.7 Å². The van der Waals surface area contributed by atoms with Crippen LogP contribution >= 0.6 is 11.3 Å². The largest absolute Gasteiger partial charge is 0.493 e. The maximum absolute atomic E-state index is 13.2. The molecule has 0 saturated heterocycles. The van der Waals surface area contributed by atoms with Gasteiger partial charge in [0.15, 0.2) is 0 Å². The van der Waals surface area contributed by atoms with E-state index in [0.29, 0.717) is 119 Å². The lowest BCUT2D eigenvalue weighted by Crippen LogP contribution is -2.28. The number of aliphatic hydroxyl groups is 2. The van der Waals surface area contributed by atoms with E-state index >= 15 is 0 Å². The molecule has 0 bridgehead atoms. The van der Waals surface area contributed by atoms with Gasteiger partial charge in [0.2, 0.25) is 5.13 Å². The number of anilines is 1. The molecule has 0 radical (unpaired) electrons. The molecule has 1 aromatic heterocycles. The molecule has 18 heteroatoms. The number of hydrogen-bond acceptors (Lipinski definition) is 18. The van der Waals surface area contributed by atoms with Gasteiger partial charge in [0, 0.05) is 18.2 Å². The Bertz CT molecular complexity index is 2540. The van der Waals surface area contributed by atoms with E-state index in [-0.39, 0.29) is 62.0 Å². The number of carbonyl (C=O) groups is 3. The number of aliphatic hydroxyl groups excluding tert-OH is 2. The molecule has 17 nitrogen and oxygen atoms in total. The Hall–Kier alpha value is -6.57. The molecule has 0 atom stereocenters. The summed E-state index contributed by atoms with van der Waals surface area (Å²) in [6.07, 6.45) is 11.3. The molecule has 7 rings (SSSR count). The van der Waals surface area contributed by atoms with Crippen LogP contribution < -0.4 is 33.4 Å². The Morgan fingerprint density at radius 3 is 1.74 bits per heavy atom. The zero-order valence-corrected chi connectivity index (χ0v) is 44.0. The van der Waals surface area contributed by atoms with Gasteiger partial charge in [0.05, 0.1) is 87.7 Å². The van der Waals surface area contributed by atoms with Crippen LogP contribution in [-0.4, -0.2) is 119 Å². The van der Waals surface area contributed by atoms with Crippen LogP contribution in [-0.2, 0) is 28.6 Å². The first-order valence-electron chi connectivity index (χ1n) is 26.4. The van der Waals surface area contributed by atoms with Crippen LogP contribution in [0.3, 0.4) is 0 Å². The highest BCUT2D eigenvalue weighted by Crippen LogP contribution is 2.35. The molecule has 0 aliphatic heterocycles. The van der Waals surface area contributed by atoms with Crippen LogP contribution in [0.1, 0.15) is 76.2 Å². The van der Waals surface area contributed by atoms with E-state index in [9.17, 15) is 14.4 Å². The average Bonchev–Trinajstić information content (AvgIpc) is 3.89. The number of unbranched alkanes of at least 4 members (excludes halogenated alkanes) is 2. The third kappa shape index (κ3) is 18.9. The number of hydrazone groups is 1. The number of benzene rings is 4. The molecule has 408 valence electrons. The van der Waals surface area contributed by atoms with Gasteiger partial charge < -0.3 is 52.8 Å². The van der Waals surface area contributed by atoms with Crippen LogP contribution in [0.2, 0.25) is 0 Å². The first kappa shape index (κ1) is 57.1. The van der Waals surface area contributed by atoms with E-state index in [1.165, 1.54) is 6.08 Å². The fraction of sp³-hybridized carbons (Fsp3) is 0.466. The van der Waals surface area contributed by atoms with Gasteiger partial charge in [-0.15, -0.1) is 0 Å². The average molecular weight is 1070 g/mol. The van der Waals surface area contributed by atoms with E-state index in [2.05, 4.69) is 6.58 Å². The van der Waals surface area contributed by atoms with Gasteiger partial charge in [0.25, 0.3) is 0 Å². The second kappa shape index (κ2) is 31.5. The summed E-state index contributed by atoms with van der Waals surface area (Å²) in [7, 11) is 0. The Labute approximate surface area is 448 Å². The zero-order chi connectivity index (χ0) is 53.2. The molecule has 76 heavy (non-hydrogen) atoms. The highest BCUT2D eigenvalue weighted by molar-refractivity contribution is 7.22. The highest BCUT2D eigenvalue weighted by Gasteiger charge is 2.30. The van der Waals surface area contributed by atoms with Gasteiger partial charge in [-0.3, -0.25) is 9.59 Å². The molecule has 2 saturated carbocycles. The fourth-order valence-corrected chi connectivity index (χ4v) is 9.80. The number of fused-ring (bicyclic) bond motifs is 1. The van der Waals surface area contributed by atoms with E-state index in [1.807, 2.05) is 47.5 Å². The molecule has 2 N–H and O–H groups in total. The second-order valence-electron chi connectivity index (χ2n) is 18.7. The van der Waals surface area contributed by atoms with Gasteiger partial charge in [-0.25, -0.2) is 14.8 Å². The summed E-state index contributed by atoms with van der Waals surface area (Å²) in [5.41, 5.74) is 1.63. The first-order valence-corrected chi connectivity index (χ1v) is 27.2. The lowest BCUT2D eigenvalue weighted by Gasteiger charge is -2.28. The van der Waals surface area contributed by atoms with E-state index in [1.54, 1.807) is 66.1 Å². The molecule has 1 heterocycles. The molecule has 0 unspecified atom stereocenters. The van der Waals surface area contributed by atoms with Gasteiger partial charge >= 0.3 is 17.9 Å². The van der Waals surface area contributed by atoms with Crippen molar-refractivity contribution in [3.05, 3.63) is 109 Å². The summed E-state index contributed by atoms with van der Waals surface area (Å²) in [4.78, 5) is 42.9. The standard InChI is InChI=1S/C58H71N3O14S/c1-2-55(64)71-31-7-3-6-28-61(58-60-52-8-4-5-9-54(52)76-58)59-39-46-38-51(72-40-42-10-14-44(15-11-42)56(65)74-49-22-18-47(19-23-49)69-36-34-67-32-29-62)26-27-53(46)73-41-43-12-16-45(17-13-43)57(66)75-50-24-20-48(21-25-50)70-37-35-68-33-30-63/h2,4-5,8-9,18-27,38-39,42-45,62-63H,1,3,6-7,10-17,28-37,40-41H2/b59-39+. The third-order valence-electron chi connectivity index (χ3n) is 13.1. The number of para-hydroxylation sites is 1. The molecular formula is C58H71N3O14S. The summed E-state index contributed by atoms with van der Waals surface area (Å²) in [6.45, 7) is 7.18. The highest BCUT2D eigenvalue weighted by atomic mass is 32.1. The first-order chi connectivity index (χ1) is 37.3. The summed E-state index contributed by atoms with van der Waals surface area (Å²) >= 11 is 1.56. The van der Waals surface area contributed by atoms with Gasteiger partial charge in [-0.2, -0.15) is 5.10 Å². The van der Waals surface area contributed by atoms with Crippen molar-refractivity contribution in [2.24, 2.45) is 28.8 Å². The van der Waals surface area contributed by atoms with Crippen molar-refractivity contribution in [3.8, 4) is 34.5 Å². The number of ether oxygens (including phenoxy) is 9. The summed E-state index contributed by atoms with van der Waals surface area (Å²) in [5, 5.41) is 25.4. The Morgan fingerprint density at radius 2 is 1.17 bits per heavy atom. The Balaban J connectivity index is 0.950. The third-order valence-corrected chi connectivity index (χ3v) is 14.2. The Kier molecular flexibility index (Phi) is 23.7. The smallest absolute Gasteiger partial charge is 0.330 e. The normalized spacial score (nSPS) is 17.4. The minimum atomic E-state index is -0.433. The van der Waals surface area contributed by atoms with Gasteiger partial charge in [0.1, 0.15) is 47.7 Å². The van der Waals surface area contributed by atoms with Crippen molar-refractivity contribution >= 4 is 50.8 Å². The maximum atomic E-state index is 13.2. The SMILES string of the molecule is C=CC(=O)OCCCCCN(/N=C/c1cc(OCC2CCC(C(=O)Oc3ccc(OCCOCCO)cc3)CC2)ccc1OCC1CCC(C(=O)Oc2ccc(OCCOCCO)cc2)CC1)c1nc2ccccc2s1. The number of hydrogen-bond donors (Lipinski definition) is 2. The van der Waals surface area contributed by atoms with E-state index in [0.717, 1.165) is 59.4 Å². The lowest BCUT2D eigenvalue weighted by atomic mass is 9.82. The summed E-state index contributed by atoms with van der Waals surface area (Å²) in [5.74, 6) is 2.68. The number of nitrogens with zero attached hydrogens (tertiary/aromatic N) is 3. The predicted octanol–water partition coefficient (Wildman–Crippen LogP) is 9.39. The minimum absolute atomic E-state index is 0.0354. The van der Waals surface area contributed by atoms with Crippen LogP contribution in [0.5, 0.6) is 34.5 Å². The van der Waals surface area contributed by atoms with Gasteiger partial charge in [-0.1, -0.05) is 30.0 Å². The fourth-order valence-electron chi connectivity index (χ4n) is 8.85. The quantitative estimate of drug-likeness (QED) is 0.0103. The van der Waals surface area contributed by atoms with Crippen LogP contribution in [0.15, 0.2) is 109 Å². The van der Waals surface area contributed by atoms with Crippen LogP contribution in [0.25, 0.3) is 10.2 Å². The molecule has 0 spiro atoms. The number of aromatic nitrogens is 1. The van der Waals surface area contributed by atoms with E-state index in [4.69, 9.17) is 62.9 Å². The molecule has 0 amide bonds. The zero-order valence-electron chi connectivity index (χ0n) is 43.1. The van der Waals surface area contributed by atoms with Crippen molar-refractivity contribution in [2.45, 2.75) is 70.6 Å². The number of thiazole rings is 1. The second-order valence-corrected chi connectivity index (χ2v) is 19.7. The summed E-state index contributed by atoms with van der Waals surface area (Å²) < 4.78 is 52.6. The van der Waals surface area contributed by atoms with E-state index < -0.39 is 5.97 Å². The number of rotatable bonds is 32. The molecule has 2 aliphatic carbocycles. The number of carbonyl (C=O) groups excluding carboxylic acids is 3. The Morgan fingerprint density at radius 1 is 0.618 bits per heavy atom. The van der Waals surface area contributed by atoms with Crippen LogP contribution in [0.4, 0.5) is 5.13 Å². The molecule has 5 aromatic rings. The predicted molar refractivity (Wildman–Crippen MR) is 289 cm³/mol. The number of esters is 3. The summed E-state index contributed by atoms with van der Waals surface area (Å²) in [6, 6.07) is 27.7.